The Kier molecular flexibility index (Phi) is 5.35. The van der Waals surface area contributed by atoms with Crippen LogP contribution in [0.1, 0.15) is 18.9 Å². The Hall–Kier alpha value is -3.56. The molecule has 8 nitrogen and oxygen atoms in total. The topological polar surface area (TPSA) is 81.0 Å². The van der Waals surface area contributed by atoms with Crippen LogP contribution in [-0.2, 0) is 0 Å². The molecule has 0 saturated carbocycles. The minimum Gasteiger partial charge on any atom is -0.496 e. The summed E-state index contributed by atoms with van der Waals surface area (Å²) in [4.78, 5) is 15.8. The Bertz CT molecular complexity index is 1470. The van der Waals surface area contributed by atoms with Gasteiger partial charge in [0.15, 0.2) is 0 Å². The van der Waals surface area contributed by atoms with Crippen LogP contribution in [0.5, 0.6) is 5.75 Å². The molecular formula is C25H25N7OS. The Labute approximate surface area is 201 Å². The number of anilines is 2. The van der Waals surface area contributed by atoms with Crippen molar-refractivity contribution in [3.05, 3.63) is 54.6 Å². The fraction of sp³-hybridized carbons (Fsp3) is 0.280. The normalized spacial score (nSPS) is 15.2. The zero-order valence-electron chi connectivity index (χ0n) is 19.1. The van der Waals surface area contributed by atoms with E-state index in [1.54, 1.807) is 24.8 Å². The summed E-state index contributed by atoms with van der Waals surface area (Å²) in [6.07, 6.45) is 7.86. The molecule has 3 aromatic heterocycles. The molecule has 0 aliphatic carbocycles. The lowest BCUT2D eigenvalue weighted by molar-refractivity contribution is 0.212. The standard InChI is InChI=1S/C25H25N7OS/c1-31-7-5-18(6-8-31)32-13-16(12-29-32)19-10-20-22(11-23(19)33-2)26-14-27-25(20)30-17-3-4-21-24(9-17)34-15-28-21/h3-4,9-15,18H,5-8H2,1-2H3,(H,26,27,30). The number of rotatable bonds is 5. The summed E-state index contributed by atoms with van der Waals surface area (Å²) in [6, 6.07) is 10.6. The van der Waals surface area contributed by atoms with Crippen molar-refractivity contribution in [3.63, 3.8) is 0 Å². The lowest BCUT2D eigenvalue weighted by Gasteiger charge is -2.28. The van der Waals surface area contributed by atoms with Gasteiger partial charge in [-0.1, -0.05) is 0 Å². The summed E-state index contributed by atoms with van der Waals surface area (Å²) in [5.41, 5.74) is 6.64. The highest BCUT2D eigenvalue weighted by Crippen LogP contribution is 2.37. The molecule has 0 amide bonds. The molecule has 1 saturated heterocycles. The average Bonchev–Trinajstić information content (AvgIpc) is 3.53. The first kappa shape index (κ1) is 21.0. The van der Waals surface area contributed by atoms with E-state index in [-0.39, 0.29) is 0 Å². The molecule has 6 rings (SSSR count). The molecule has 34 heavy (non-hydrogen) atoms. The number of hydrogen-bond donors (Lipinski definition) is 1. The summed E-state index contributed by atoms with van der Waals surface area (Å²) < 4.78 is 8.98. The van der Waals surface area contributed by atoms with Crippen molar-refractivity contribution in [2.24, 2.45) is 0 Å². The fourth-order valence-corrected chi connectivity index (χ4v) is 5.30. The van der Waals surface area contributed by atoms with Crippen LogP contribution in [0.25, 0.3) is 32.2 Å². The van der Waals surface area contributed by atoms with Crippen LogP contribution in [0.2, 0.25) is 0 Å². The predicted octanol–water partition coefficient (Wildman–Crippen LogP) is 5.12. The van der Waals surface area contributed by atoms with Crippen molar-refractivity contribution in [1.82, 2.24) is 29.6 Å². The van der Waals surface area contributed by atoms with E-state index in [0.29, 0.717) is 6.04 Å². The highest BCUT2D eigenvalue weighted by atomic mass is 32.1. The second kappa shape index (κ2) is 8.66. The minimum atomic E-state index is 0.429. The number of ether oxygens (including phenoxy) is 1. The van der Waals surface area contributed by atoms with Gasteiger partial charge in [0.05, 0.1) is 40.6 Å². The quantitative estimate of drug-likeness (QED) is 0.381. The van der Waals surface area contributed by atoms with Crippen molar-refractivity contribution in [1.29, 1.82) is 0 Å². The van der Waals surface area contributed by atoms with Crippen molar-refractivity contribution < 1.29 is 4.74 Å². The summed E-state index contributed by atoms with van der Waals surface area (Å²) >= 11 is 1.62. The number of nitrogens with one attached hydrogen (secondary N) is 1. The molecule has 1 aliphatic heterocycles. The maximum Gasteiger partial charge on any atom is 0.141 e. The number of nitrogens with zero attached hydrogens (tertiary/aromatic N) is 6. The summed E-state index contributed by atoms with van der Waals surface area (Å²) in [6.45, 7) is 2.19. The molecule has 4 heterocycles. The Balaban J connectivity index is 1.38. The monoisotopic (exact) mass is 471 g/mol. The van der Waals surface area contributed by atoms with Crippen molar-refractivity contribution >= 4 is 44.0 Å². The van der Waals surface area contributed by atoms with Gasteiger partial charge in [-0.25, -0.2) is 15.0 Å². The second-order valence-corrected chi connectivity index (χ2v) is 9.58. The van der Waals surface area contributed by atoms with Gasteiger partial charge in [-0.3, -0.25) is 4.68 Å². The zero-order valence-corrected chi connectivity index (χ0v) is 19.9. The van der Waals surface area contributed by atoms with Gasteiger partial charge in [-0.15, -0.1) is 11.3 Å². The largest absolute Gasteiger partial charge is 0.496 e. The number of methoxy groups -OCH3 is 1. The third-order valence-corrected chi connectivity index (χ3v) is 7.32. The van der Waals surface area contributed by atoms with Crippen molar-refractivity contribution in [2.75, 3.05) is 32.6 Å². The number of fused-ring (bicyclic) bond motifs is 2. The Morgan fingerprint density at radius 1 is 1.06 bits per heavy atom. The van der Waals surface area contributed by atoms with Crippen LogP contribution in [0, 0.1) is 0 Å². The minimum absolute atomic E-state index is 0.429. The van der Waals surface area contributed by atoms with E-state index in [0.717, 1.165) is 75.4 Å². The first-order chi connectivity index (χ1) is 16.7. The lowest BCUT2D eigenvalue weighted by Crippen LogP contribution is -2.31. The molecule has 0 spiro atoms. The van der Waals surface area contributed by atoms with Crippen LogP contribution < -0.4 is 10.1 Å². The van der Waals surface area contributed by atoms with Crippen molar-refractivity contribution in [2.45, 2.75) is 18.9 Å². The number of thiazole rings is 1. The molecule has 0 bridgehead atoms. The van der Waals surface area contributed by atoms with Crippen LogP contribution in [0.4, 0.5) is 11.5 Å². The highest BCUT2D eigenvalue weighted by molar-refractivity contribution is 7.16. The maximum atomic E-state index is 5.74. The number of piperidine rings is 1. The maximum absolute atomic E-state index is 5.74. The molecule has 9 heteroatoms. The van der Waals surface area contributed by atoms with E-state index in [4.69, 9.17) is 9.84 Å². The molecular weight excluding hydrogens is 446 g/mol. The van der Waals surface area contributed by atoms with Crippen LogP contribution in [0.15, 0.2) is 54.6 Å². The molecule has 1 fully saturated rings. The number of benzene rings is 2. The van der Waals surface area contributed by atoms with Crippen LogP contribution in [0.3, 0.4) is 0 Å². The molecule has 0 radical (unpaired) electrons. The molecule has 172 valence electrons. The number of aromatic nitrogens is 5. The van der Waals surface area contributed by atoms with Gasteiger partial charge >= 0.3 is 0 Å². The number of likely N-dealkylation sites (tertiary alicyclic amines) is 1. The summed E-state index contributed by atoms with van der Waals surface area (Å²) in [7, 11) is 3.87. The third kappa shape index (κ3) is 3.86. The van der Waals surface area contributed by atoms with E-state index in [2.05, 4.69) is 55.2 Å². The first-order valence-corrected chi connectivity index (χ1v) is 12.2. The average molecular weight is 472 g/mol. The van der Waals surface area contributed by atoms with Gasteiger partial charge in [0.25, 0.3) is 0 Å². The van der Waals surface area contributed by atoms with E-state index in [9.17, 15) is 0 Å². The molecule has 1 aliphatic rings. The SMILES string of the molecule is COc1cc2ncnc(Nc3ccc4ncsc4c3)c2cc1-c1cnn(C2CCN(C)CC2)c1. The van der Waals surface area contributed by atoms with Gasteiger partial charge in [-0.05, 0) is 57.2 Å². The van der Waals surface area contributed by atoms with Gasteiger partial charge < -0.3 is 15.0 Å². The van der Waals surface area contributed by atoms with Crippen LogP contribution in [-0.4, -0.2) is 56.9 Å². The predicted molar refractivity (Wildman–Crippen MR) is 136 cm³/mol. The van der Waals surface area contributed by atoms with E-state index in [1.807, 2.05) is 29.9 Å². The second-order valence-electron chi connectivity index (χ2n) is 8.70. The molecule has 0 unspecified atom stereocenters. The van der Waals surface area contributed by atoms with E-state index < -0.39 is 0 Å². The third-order valence-electron chi connectivity index (χ3n) is 6.53. The number of hydrogen-bond acceptors (Lipinski definition) is 8. The summed E-state index contributed by atoms with van der Waals surface area (Å²) in [5.74, 6) is 1.52. The van der Waals surface area contributed by atoms with E-state index in [1.165, 1.54) is 0 Å². The smallest absolute Gasteiger partial charge is 0.141 e. The molecule has 2 aromatic carbocycles. The first-order valence-electron chi connectivity index (χ1n) is 11.3. The molecule has 0 atom stereocenters. The lowest BCUT2D eigenvalue weighted by atomic mass is 10.0. The molecule has 1 N–H and O–H groups in total. The van der Waals surface area contributed by atoms with Gasteiger partial charge in [0.1, 0.15) is 17.9 Å². The Morgan fingerprint density at radius 2 is 1.94 bits per heavy atom. The molecule has 5 aromatic rings. The van der Waals surface area contributed by atoms with E-state index >= 15 is 0 Å². The summed E-state index contributed by atoms with van der Waals surface area (Å²) in [5, 5.41) is 9.09. The van der Waals surface area contributed by atoms with Crippen molar-refractivity contribution in [3.8, 4) is 16.9 Å². The fourth-order valence-electron chi connectivity index (χ4n) is 4.58. The van der Waals surface area contributed by atoms with Gasteiger partial charge in [0.2, 0.25) is 0 Å². The zero-order chi connectivity index (χ0) is 23.1. The highest BCUT2D eigenvalue weighted by Gasteiger charge is 2.20. The van der Waals surface area contributed by atoms with Gasteiger partial charge in [-0.2, -0.15) is 5.10 Å². The van der Waals surface area contributed by atoms with Crippen LogP contribution >= 0.6 is 11.3 Å². The van der Waals surface area contributed by atoms with Gasteiger partial charge in [0, 0.05) is 34.5 Å². The Morgan fingerprint density at radius 3 is 2.79 bits per heavy atom.